The van der Waals surface area contributed by atoms with Crippen molar-refractivity contribution in [2.24, 2.45) is 0 Å². The summed E-state index contributed by atoms with van der Waals surface area (Å²) >= 11 is 0. The predicted molar refractivity (Wildman–Crippen MR) is 82.0 cm³/mol. The van der Waals surface area contributed by atoms with Gasteiger partial charge >= 0.3 is 0 Å². The number of rotatable bonds is 4. The molecule has 0 aliphatic carbocycles. The standard InChI is InChI=1S/C16H16N4O3/c1-21-14-5-3-2-4-11(14)12-8-13(19-18-12)16-17-15(20-23-16)10-6-7-22-9-10/h2-5,8,10H,6-7,9H2,1H3,(H,18,19)/t10-/m1/s1. The molecule has 0 saturated carbocycles. The van der Waals surface area contributed by atoms with Crippen molar-refractivity contribution in [3.05, 3.63) is 36.2 Å². The van der Waals surface area contributed by atoms with Crippen LogP contribution in [-0.4, -0.2) is 40.7 Å². The van der Waals surface area contributed by atoms with Crippen LogP contribution in [0.1, 0.15) is 18.2 Å². The van der Waals surface area contributed by atoms with Crippen LogP contribution in [0.3, 0.4) is 0 Å². The third kappa shape index (κ3) is 2.59. The smallest absolute Gasteiger partial charge is 0.275 e. The van der Waals surface area contributed by atoms with E-state index in [9.17, 15) is 0 Å². The monoisotopic (exact) mass is 312 g/mol. The number of aromatic nitrogens is 4. The lowest BCUT2D eigenvalue weighted by atomic mass is 10.1. The second kappa shape index (κ2) is 5.85. The van der Waals surface area contributed by atoms with Gasteiger partial charge in [0, 0.05) is 18.1 Å². The van der Waals surface area contributed by atoms with Crippen LogP contribution in [0, 0.1) is 0 Å². The van der Waals surface area contributed by atoms with Gasteiger partial charge in [0.25, 0.3) is 5.89 Å². The summed E-state index contributed by atoms with van der Waals surface area (Å²) in [4.78, 5) is 4.45. The molecule has 0 amide bonds. The fraction of sp³-hybridized carbons (Fsp3) is 0.312. The van der Waals surface area contributed by atoms with Crippen molar-refractivity contribution in [2.75, 3.05) is 20.3 Å². The Morgan fingerprint density at radius 1 is 1.30 bits per heavy atom. The molecule has 0 unspecified atom stereocenters. The van der Waals surface area contributed by atoms with Gasteiger partial charge in [-0.05, 0) is 24.6 Å². The summed E-state index contributed by atoms with van der Waals surface area (Å²) in [7, 11) is 1.64. The van der Waals surface area contributed by atoms with Crippen LogP contribution >= 0.6 is 0 Å². The number of methoxy groups -OCH3 is 1. The van der Waals surface area contributed by atoms with E-state index in [0.29, 0.717) is 24.0 Å². The second-order valence-electron chi connectivity index (χ2n) is 5.39. The number of nitrogens with zero attached hydrogens (tertiary/aromatic N) is 3. The minimum absolute atomic E-state index is 0.212. The highest BCUT2D eigenvalue weighted by Gasteiger charge is 2.24. The molecule has 1 aromatic carbocycles. The Labute approximate surface area is 132 Å². The van der Waals surface area contributed by atoms with Crippen LogP contribution in [0.4, 0.5) is 0 Å². The van der Waals surface area contributed by atoms with Crippen LogP contribution < -0.4 is 4.74 Å². The topological polar surface area (TPSA) is 86.1 Å². The molecule has 2 aromatic heterocycles. The van der Waals surface area contributed by atoms with E-state index >= 15 is 0 Å². The van der Waals surface area contributed by atoms with Gasteiger partial charge < -0.3 is 14.0 Å². The molecule has 118 valence electrons. The molecule has 7 nitrogen and oxygen atoms in total. The summed E-state index contributed by atoms with van der Waals surface area (Å²) in [5, 5.41) is 11.3. The third-order valence-electron chi connectivity index (χ3n) is 3.93. The van der Waals surface area contributed by atoms with E-state index in [2.05, 4.69) is 20.3 Å². The minimum atomic E-state index is 0.212. The first-order valence-corrected chi connectivity index (χ1v) is 7.45. The summed E-state index contributed by atoms with van der Waals surface area (Å²) in [5.74, 6) is 2.09. The Morgan fingerprint density at radius 2 is 2.22 bits per heavy atom. The first kappa shape index (κ1) is 14.0. The fourth-order valence-corrected chi connectivity index (χ4v) is 2.67. The Bertz CT molecular complexity index is 805. The molecule has 7 heteroatoms. The molecule has 23 heavy (non-hydrogen) atoms. The van der Waals surface area contributed by atoms with Crippen molar-refractivity contribution < 1.29 is 14.0 Å². The van der Waals surface area contributed by atoms with Gasteiger partial charge in [-0.1, -0.05) is 17.3 Å². The van der Waals surface area contributed by atoms with Crippen molar-refractivity contribution in [2.45, 2.75) is 12.3 Å². The zero-order valence-electron chi connectivity index (χ0n) is 12.7. The maximum Gasteiger partial charge on any atom is 0.275 e. The van der Waals surface area contributed by atoms with Crippen LogP contribution in [0.25, 0.3) is 22.8 Å². The van der Waals surface area contributed by atoms with E-state index < -0.39 is 0 Å². The molecule has 0 bridgehead atoms. The van der Waals surface area contributed by atoms with Gasteiger partial charge in [0.05, 0.1) is 19.4 Å². The van der Waals surface area contributed by atoms with Gasteiger partial charge in [0.1, 0.15) is 11.4 Å². The molecule has 3 aromatic rings. The van der Waals surface area contributed by atoms with E-state index in [-0.39, 0.29) is 5.92 Å². The number of para-hydroxylation sites is 1. The van der Waals surface area contributed by atoms with Gasteiger partial charge in [-0.15, -0.1) is 0 Å². The fourth-order valence-electron chi connectivity index (χ4n) is 2.67. The number of nitrogens with one attached hydrogen (secondary N) is 1. The van der Waals surface area contributed by atoms with Crippen LogP contribution in [0.5, 0.6) is 5.75 Å². The number of ether oxygens (including phenoxy) is 2. The van der Waals surface area contributed by atoms with Gasteiger partial charge in [-0.3, -0.25) is 5.10 Å². The van der Waals surface area contributed by atoms with Gasteiger partial charge in [-0.2, -0.15) is 10.1 Å². The highest BCUT2D eigenvalue weighted by Crippen LogP contribution is 2.31. The average Bonchev–Trinajstić information content (AvgIpc) is 3.34. The molecule has 0 radical (unpaired) electrons. The predicted octanol–water partition coefficient (Wildman–Crippen LogP) is 2.64. The summed E-state index contributed by atoms with van der Waals surface area (Å²) in [6.07, 6.45) is 0.925. The van der Waals surface area contributed by atoms with Crippen molar-refractivity contribution >= 4 is 0 Å². The maximum absolute atomic E-state index is 5.37. The SMILES string of the molecule is COc1ccccc1-c1cc(-c2nc([C@@H]3CCOC3)no2)[nH]n1. The number of aromatic amines is 1. The normalized spacial score (nSPS) is 17.5. The molecule has 0 spiro atoms. The lowest BCUT2D eigenvalue weighted by Crippen LogP contribution is -1.99. The molecule has 1 saturated heterocycles. The highest BCUT2D eigenvalue weighted by atomic mass is 16.5. The number of hydrogen-bond acceptors (Lipinski definition) is 6. The largest absolute Gasteiger partial charge is 0.496 e. The summed E-state index contributed by atoms with van der Waals surface area (Å²) < 4.78 is 16.1. The Balaban J connectivity index is 1.63. The van der Waals surface area contributed by atoms with E-state index in [0.717, 1.165) is 30.0 Å². The minimum Gasteiger partial charge on any atom is -0.496 e. The first-order valence-electron chi connectivity index (χ1n) is 7.45. The Kier molecular flexibility index (Phi) is 3.55. The second-order valence-corrected chi connectivity index (χ2v) is 5.39. The first-order chi connectivity index (χ1) is 11.3. The molecular formula is C16H16N4O3. The van der Waals surface area contributed by atoms with Crippen molar-refractivity contribution in [3.8, 4) is 28.6 Å². The third-order valence-corrected chi connectivity index (χ3v) is 3.93. The zero-order chi connectivity index (χ0) is 15.6. The summed E-state index contributed by atoms with van der Waals surface area (Å²) in [5.41, 5.74) is 2.35. The van der Waals surface area contributed by atoms with Crippen molar-refractivity contribution in [3.63, 3.8) is 0 Å². The molecule has 4 rings (SSSR count). The van der Waals surface area contributed by atoms with Crippen molar-refractivity contribution in [1.29, 1.82) is 0 Å². The van der Waals surface area contributed by atoms with Crippen LogP contribution in [0.2, 0.25) is 0 Å². The maximum atomic E-state index is 5.37. The van der Waals surface area contributed by atoms with E-state index in [4.69, 9.17) is 14.0 Å². The van der Waals surface area contributed by atoms with Crippen LogP contribution in [-0.2, 0) is 4.74 Å². The summed E-state index contributed by atoms with van der Waals surface area (Å²) in [6.45, 7) is 1.39. The quantitative estimate of drug-likeness (QED) is 0.797. The average molecular weight is 312 g/mol. The Morgan fingerprint density at radius 3 is 3.04 bits per heavy atom. The lowest BCUT2D eigenvalue weighted by molar-refractivity contribution is 0.192. The zero-order valence-corrected chi connectivity index (χ0v) is 12.7. The number of benzene rings is 1. The molecule has 1 fully saturated rings. The summed E-state index contributed by atoms with van der Waals surface area (Å²) in [6, 6.07) is 9.59. The molecule has 1 aliphatic rings. The van der Waals surface area contributed by atoms with E-state index in [1.807, 2.05) is 30.3 Å². The molecule has 1 N–H and O–H groups in total. The van der Waals surface area contributed by atoms with Crippen LogP contribution in [0.15, 0.2) is 34.9 Å². The van der Waals surface area contributed by atoms with E-state index in [1.54, 1.807) is 7.11 Å². The van der Waals surface area contributed by atoms with E-state index in [1.165, 1.54) is 0 Å². The Hall–Kier alpha value is -2.67. The highest BCUT2D eigenvalue weighted by molar-refractivity contribution is 5.70. The van der Waals surface area contributed by atoms with Gasteiger partial charge in [0.15, 0.2) is 5.82 Å². The molecule has 1 atom stereocenters. The van der Waals surface area contributed by atoms with Crippen molar-refractivity contribution in [1.82, 2.24) is 20.3 Å². The molecule has 3 heterocycles. The van der Waals surface area contributed by atoms with Gasteiger partial charge in [0.2, 0.25) is 0 Å². The van der Waals surface area contributed by atoms with Gasteiger partial charge in [-0.25, -0.2) is 0 Å². The molecule has 1 aliphatic heterocycles. The molecular weight excluding hydrogens is 296 g/mol. The lowest BCUT2D eigenvalue weighted by Gasteiger charge is -2.04. The number of H-pyrrole nitrogens is 1. The number of hydrogen-bond donors (Lipinski definition) is 1.